The summed E-state index contributed by atoms with van der Waals surface area (Å²) >= 11 is 15.6. The fourth-order valence-corrected chi connectivity index (χ4v) is 3.53. The van der Waals surface area contributed by atoms with Gasteiger partial charge in [0.25, 0.3) is 11.2 Å². The number of rotatable bonds is 4. The number of aromatic nitrogens is 1. The van der Waals surface area contributed by atoms with Gasteiger partial charge in [-0.15, -0.1) is 11.3 Å². The summed E-state index contributed by atoms with van der Waals surface area (Å²) in [4.78, 5) is 34.1. The average molecular weight is 412 g/mol. The highest BCUT2D eigenvalue weighted by Gasteiger charge is 2.18. The second-order valence-electron chi connectivity index (χ2n) is 3.90. The molecule has 0 N–H and O–H groups in total. The molecule has 2 aromatic rings. The first-order chi connectivity index (χ1) is 9.79. The van der Waals surface area contributed by atoms with Crippen LogP contribution < -0.4 is 5.56 Å². The monoisotopic (exact) mass is 410 g/mol. The maximum absolute atomic E-state index is 12.1. The number of Topliss-reactive ketones (excluding diaryl/α,β-unsaturated/α-hetero) is 1. The minimum absolute atomic E-state index is 0.000974. The topological polar surface area (TPSA) is 82.2 Å². The molecular formula is C11H5BrCl2N2O4S. The van der Waals surface area contributed by atoms with Crippen LogP contribution >= 0.6 is 50.5 Å². The predicted octanol–water partition coefficient (Wildman–Crippen LogP) is 3.77. The highest BCUT2D eigenvalue weighted by molar-refractivity contribution is 9.10. The van der Waals surface area contributed by atoms with Gasteiger partial charge >= 0.3 is 0 Å². The standard InChI is InChI=1S/C11H5BrCl2N2O4S/c12-7-1-5(16(19)20)3-15(11(7)18)4-8(17)6-2-9(13)21-10(6)14/h1-3H,4H2. The summed E-state index contributed by atoms with van der Waals surface area (Å²) in [6.45, 7) is -0.369. The van der Waals surface area contributed by atoms with Gasteiger partial charge in [-0.2, -0.15) is 0 Å². The molecule has 0 aliphatic heterocycles. The van der Waals surface area contributed by atoms with Gasteiger partial charge in [-0.05, 0) is 22.0 Å². The Labute approximate surface area is 140 Å². The van der Waals surface area contributed by atoms with Crippen LogP contribution in [0.2, 0.25) is 8.67 Å². The van der Waals surface area contributed by atoms with E-state index in [0.29, 0.717) is 4.34 Å². The summed E-state index contributed by atoms with van der Waals surface area (Å²) < 4.78 is 1.50. The Kier molecular flexibility index (Phi) is 4.82. The van der Waals surface area contributed by atoms with E-state index in [9.17, 15) is 19.7 Å². The molecule has 0 aromatic carbocycles. The molecule has 0 amide bonds. The zero-order valence-electron chi connectivity index (χ0n) is 10.0. The lowest BCUT2D eigenvalue weighted by Gasteiger charge is -2.05. The number of carbonyl (C=O) groups is 1. The SMILES string of the molecule is O=C(Cn1cc([N+](=O)[O-])cc(Br)c1=O)c1cc(Cl)sc1Cl. The van der Waals surface area contributed by atoms with E-state index in [4.69, 9.17) is 23.2 Å². The van der Waals surface area contributed by atoms with Gasteiger partial charge in [-0.1, -0.05) is 23.2 Å². The van der Waals surface area contributed by atoms with Crippen LogP contribution in [0.1, 0.15) is 10.4 Å². The quantitative estimate of drug-likeness (QED) is 0.435. The molecule has 0 aliphatic carbocycles. The Balaban J connectivity index is 2.39. The van der Waals surface area contributed by atoms with Crippen molar-refractivity contribution in [2.24, 2.45) is 0 Å². The van der Waals surface area contributed by atoms with E-state index in [0.717, 1.165) is 28.2 Å². The van der Waals surface area contributed by atoms with Gasteiger partial charge in [0.05, 0.1) is 32.0 Å². The van der Waals surface area contributed by atoms with Crippen molar-refractivity contribution in [3.63, 3.8) is 0 Å². The molecule has 0 spiro atoms. The van der Waals surface area contributed by atoms with Crippen LogP contribution in [0.25, 0.3) is 0 Å². The van der Waals surface area contributed by atoms with Gasteiger partial charge in [-0.25, -0.2) is 0 Å². The van der Waals surface area contributed by atoms with Gasteiger partial charge in [0, 0.05) is 6.07 Å². The second kappa shape index (κ2) is 6.27. The molecule has 0 saturated carbocycles. The molecule has 0 aliphatic rings. The first kappa shape index (κ1) is 16.2. The molecule has 2 aromatic heterocycles. The van der Waals surface area contributed by atoms with Gasteiger partial charge < -0.3 is 0 Å². The van der Waals surface area contributed by atoms with E-state index < -0.39 is 16.3 Å². The molecule has 10 heteroatoms. The highest BCUT2D eigenvalue weighted by atomic mass is 79.9. The van der Waals surface area contributed by atoms with E-state index in [2.05, 4.69) is 15.9 Å². The number of halogens is 3. The van der Waals surface area contributed by atoms with Gasteiger partial charge in [-0.3, -0.25) is 24.3 Å². The third kappa shape index (κ3) is 3.52. The largest absolute Gasteiger partial charge is 0.300 e. The summed E-state index contributed by atoms with van der Waals surface area (Å²) in [5, 5.41) is 10.8. The minimum Gasteiger partial charge on any atom is -0.300 e. The van der Waals surface area contributed by atoms with Crippen LogP contribution in [0.15, 0.2) is 27.6 Å². The van der Waals surface area contributed by atoms with E-state index in [1.54, 1.807) is 0 Å². The third-order valence-corrected chi connectivity index (χ3v) is 4.57. The maximum atomic E-state index is 12.1. The smallest absolute Gasteiger partial charge is 0.286 e. The Morgan fingerprint density at radius 3 is 2.62 bits per heavy atom. The normalized spacial score (nSPS) is 10.6. The Bertz CT molecular complexity index is 802. The number of thiophene rings is 1. The number of hydrogen-bond acceptors (Lipinski definition) is 5. The molecule has 0 atom stereocenters. The van der Waals surface area contributed by atoms with Crippen LogP contribution in [-0.2, 0) is 6.54 Å². The Morgan fingerprint density at radius 2 is 2.10 bits per heavy atom. The molecule has 0 unspecified atom stereocenters. The number of carbonyl (C=O) groups excluding carboxylic acids is 1. The van der Waals surface area contributed by atoms with Crippen LogP contribution in [0.5, 0.6) is 0 Å². The van der Waals surface area contributed by atoms with Crippen molar-refractivity contribution < 1.29 is 9.72 Å². The van der Waals surface area contributed by atoms with Gasteiger partial charge in [0.1, 0.15) is 4.34 Å². The van der Waals surface area contributed by atoms with E-state index >= 15 is 0 Å². The molecule has 0 bridgehead atoms. The second-order valence-corrected chi connectivity index (χ2v) is 7.04. The minimum atomic E-state index is -0.653. The molecule has 21 heavy (non-hydrogen) atoms. The first-order valence-corrected chi connectivity index (χ1v) is 7.68. The van der Waals surface area contributed by atoms with Crippen molar-refractivity contribution in [1.29, 1.82) is 0 Å². The summed E-state index contributed by atoms with van der Waals surface area (Å²) in [5.74, 6) is -0.461. The van der Waals surface area contributed by atoms with Crippen LogP contribution in [-0.4, -0.2) is 15.3 Å². The molecule has 0 radical (unpaired) electrons. The highest BCUT2D eigenvalue weighted by Crippen LogP contribution is 2.31. The summed E-state index contributed by atoms with van der Waals surface area (Å²) in [5.41, 5.74) is -0.670. The molecule has 110 valence electrons. The third-order valence-electron chi connectivity index (χ3n) is 2.51. The first-order valence-electron chi connectivity index (χ1n) is 5.32. The molecule has 2 heterocycles. The molecule has 6 nitrogen and oxygen atoms in total. The number of nitro groups is 1. The number of pyridine rings is 1. The fraction of sp³-hybridized carbons (Fsp3) is 0.0909. The Morgan fingerprint density at radius 1 is 1.43 bits per heavy atom. The average Bonchev–Trinajstić information content (AvgIpc) is 2.73. The molecule has 0 fully saturated rings. The molecule has 2 rings (SSSR count). The molecule has 0 saturated heterocycles. The van der Waals surface area contributed by atoms with E-state index in [-0.39, 0.29) is 26.6 Å². The fourth-order valence-electron chi connectivity index (χ4n) is 1.57. The summed E-state index contributed by atoms with van der Waals surface area (Å²) in [6.07, 6.45) is 1.01. The van der Waals surface area contributed by atoms with Crippen LogP contribution in [0.3, 0.4) is 0 Å². The lowest BCUT2D eigenvalue weighted by atomic mass is 10.2. The Hall–Kier alpha value is -1.22. The van der Waals surface area contributed by atoms with Crippen molar-refractivity contribution in [1.82, 2.24) is 4.57 Å². The zero-order valence-corrected chi connectivity index (χ0v) is 13.9. The lowest BCUT2D eigenvalue weighted by Crippen LogP contribution is -2.24. The van der Waals surface area contributed by atoms with Crippen LogP contribution in [0, 0.1) is 10.1 Å². The molecular weight excluding hydrogens is 407 g/mol. The van der Waals surface area contributed by atoms with E-state index in [1.807, 2.05) is 0 Å². The summed E-state index contributed by atoms with van der Waals surface area (Å²) in [6, 6.07) is 2.48. The van der Waals surface area contributed by atoms with Crippen molar-refractivity contribution in [2.45, 2.75) is 6.54 Å². The van der Waals surface area contributed by atoms with Gasteiger partial charge in [0.15, 0.2) is 5.78 Å². The van der Waals surface area contributed by atoms with Crippen molar-refractivity contribution >= 4 is 61.9 Å². The summed E-state index contributed by atoms with van der Waals surface area (Å²) in [7, 11) is 0. The van der Waals surface area contributed by atoms with E-state index in [1.165, 1.54) is 6.07 Å². The van der Waals surface area contributed by atoms with Crippen LogP contribution in [0.4, 0.5) is 5.69 Å². The number of nitrogens with zero attached hydrogens (tertiary/aromatic N) is 2. The maximum Gasteiger partial charge on any atom is 0.286 e. The number of ketones is 1. The van der Waals surface area contributed by atoms with Crippen molar-refractivity contribution in [3.05, 3.63) is 57.5 Å². The van der Waals surface area contributed by atoms with Gasteiger partial charge in [0.2, 0.25) is 0 Å². The zero-order chi connectivity index (χ0) is 15.7. The predicted molar refractivity (Wildman–Crippen MR) is 83.7 cm³/mol. The van der Waals surface area contributed by atoms with Crippen molar-refractivity contribution in [3.8, 4) is 0 Å². The lowest BCUT2D eigenvalue weighted by molar-refractivity contribution is -0.385. The number of hydrogen-bond donors (Lipinski definition) is 0. The van der Waals surface area contributed by atoms with Crippen molar-refractivity contribution in [2.75, 3.05) is 0 Å².